The number of carbonyl (C=O) groups excluding carboxylic acids is 1. The van der Waals surface area contributed by atoms with E-state index in [1.54, 1.807) is 12.3 Å². The topological polar surface area (TPSA) is 96.2 Å². The highest BCUT2D eigenvalue weighted by atomic mass is 32.1. The molecule has 7 nitrogen and oxygen atoms in total. The van der Waals surface area contributed by atoms with Crippen LogP contribution in [0.5, 0.6) is 0 Å². The maximum Gasteiger partial charge on any atom is 0.263 e. The molecule has 1 aliphatic heterocycles. The molecule has 1 amide bonds. The van der Waals surface area contributed by atoms with Crippen LogP contribution in [0.3, 0.4) is 0 Å². The fraction of sp³-hybridized carbons (Fsp3) is 0.409. The van der Waals surface area contributed by atoms with Crippen LogP contribution >= 0.6 is 11.3 Å². The number of halogens is 1. The van der Waals surface area contributed by atoms with Crippen LogP contribution in [0.4, 0.5) is 15.8 Å². The van der Waals surface area contributed by atoms with E-state index < -0.39 is 0 Å². The molecule has 2 aliphatic rings. The number of anilines is 2. The Hall–Kier alpha value is -2.78. The highest BCUT2D eigenvalue weighted by Gasteiger charge is 2.26. The van der Waals surface area contributed by atoms with Crippen molar-refractivity contribution in [2.45, 2.75) is 32.2 Å². The zero-order chi connectivity index (χ0) is 21.5. The third-order valence-corrected chi connectivity index (χ3v) is 7.14. The number of aryl methyl sites for hydroxylation is 2. The lowest BCUT2D eigenvalue weighted by atomic mass is 9.87. The van der Waals surface area contributed by atoms with Crippen molar-refractivity contribution in [2.75, 3.05) is 36.8 Å². The van der Waals surface area contributed by atoms with Crippen LogP contribution in [0.2, 0.25) is 0 Å². The van der Waals surface area contributed by atoms with Crippen LogP contribution in [-0.4, -0.2) is 48.1 Å². The van der Waals surface area contributed by atoms with E-state index in [2.05, 4.69) is 25.5 Å². The number of nitrogens with one attached hydrogen (secondary N) is 2. The SMILES string of the molecule is Cc1cnc2c(N)c(C(=O)N[C@H]3CCc4cc(N5CCNCC5)c(F)cc4C3)sc2n1. The second-order valence-corrected chi connectivity index (χ2v) is 9.23. The summed E-state index contributed by atoms with van der Waals surface area (Å²) in [5.74, 6) is -0.403. The number of nitrogens with zero attached hydrogens (tertiary/aromatic N) is 3. The first-order valence-electron chi connectivity index (χ1n) is 10.6. The second kappa shape index (κ2) is 8.05. The number of rotatable bonds is 3. The third kappa shape index (κ3) is 3.83. The van der Waals surface area contributed by atoms with E-state index in [0.717, 1.165) is 50.3 Å². The van der Waals surface area contributed by atoms with Gasteiger partial charge in [0.2, 0.25) is 0 Å². The first-order valence-corrected chi connectivity index (χ1v) is 11.4. The summed E-state index contributed by atoms with van der Waals surface area (Å²) in [6.07, 6.45) is 3.88. The van der Waals surface area contributed by atoms with Crippen LogP contribution in [0.15, 0.2) is 18.3 Å². The number of hydrogen-bond donors (Lipinski definition) is 3. The Kier molecular flexibility index (Phi) is 5.23. The average molecular weight is 441 g/mol. The van der Waals surface area contributed by atoms with Gasteiger partial charge in [0, 0.05) is 38.4 Å². The molecular weight excluding hydrogens is 415 g/mol. The van der Waals surface area contributed by atoms with Crippen LogP contribution < -0.4 is 21.3 Å². The number of amides is 1. The van der Waals surface area contributed by atoms with Crippen LogP contribution in [0, 0.1) is 12.7 Å². The van der Waals surface area contributed by atoms with E-state index >= 15 is 0 Å². The normalized spacial score (nSPS) is 18.8. The maximum atomic E-state index is 14.8. The van der Waals surface area contributed by atoms with Gasteiger partial charge in [0.05, 0.1) is 17.1 Å². The molecule has 0 bridgehead atoms. The third-order valence-electron chi connectivity index (χ3n) is 6.06. The van der Waals surface area contributed by atoms with Gasteiger partial charge in [0.15, 0.2) is 0 Å². The molecule has 2 aromatic heterocycles. The Morgan fingerprint density at radius 3 is 2.94 bits per heavy atom. The molecule has 1 aromatic carbocycles. The van der Waals surface area contributed by atoms with Crippen LogP contribution in [0.1, 0.15) is 32.9 Å². The molecule has 0 saturated carbocycles. The minimum atomic E-state index is -0.216. The lowest BCUT2D eigenvalue weighted by molar-refractivity contribution is 0.0938. The number of hydrogen-bond acceptors (Lipinski definition) is 7. The maximum absolute atomic E-state index is 14.8. The van der Waals surface area contributed by atoms with Gasteiger partial charge in [-0.05, 0) is 49.4 Å². The molecule has 3 aromatic rings. The number of nitrogens with two attached hydrogens (primary N) is 1. The number of piperazine rings is 1. The fourth-order valence-electron chi connectivity index (χ4n) is 4.43. The van der Waals surface area contributed by atoms with Gasteiger partial charge in [-0.1, -0.05) is 0 Å². The fourth-order valence-corrected chi connectivity index (χ4v) is 5.43. The van der Waals surface area contributed by atoms with Crippen molar-refractivity contribution in [1.82, 2.24) is 20.6 Å². The number of nitrogen functional groups attached to an aromatic ring is 1. The summed E-state index contributed by atoms with van der Waals surface area (Å²) in [6, 6.07) is 3.59. The van der Waals surface area contributed by atoms with E-state index in [1.807, 2.05) is 13.0 Å². The molecule has 4 N–H and O–H groups in total. The summed E-state index contributed by atoms with van der Waals surface area (Å²) in [7, 11) is 0. The Bertz CT molecular complexity index is 1160. The largest absolute Gasteiger partial charge is 0.396 e. The molecule has 162 valence electrons. The van der Waals surface area contributed by atoms with Crippen molar-refractivity contribution in [3.63, 3.8) is 0 Å². The van der Waals surface area contributed by atoms with Gasteiger partial charge in [-0.3, -0.25) is 4.79 Å². The monoisotopic (exact) mass is 440 g/mol. The van der Waals surface area contributed by atoms with Crippen molar-refractivity contribution in [3.8, 4) is 0 Å². The molecular formula is C22H25FN6OS. The predicted octanol–water partition coefficient (Wildman–Crippen LogP) is 2.42. The highest BCUT2D eigenvalue weighted by molar-refractivity contribution is 7.21. The van der Waals surface area contributed by atoms with Gasteiger partial charge in [0.25, 0.3) is 5.91 Å². The second-order valence-electron chi connectivity index (χ2n) is 8.23. The molecule has 5 rings (SSSR count). The van der Waals surface area contributed by atoms with Crippen molar-refractivity contribution in [3.05, 3.63) is 45.8 Å². The molecule has 9 heteroatoms. The minimum Gasteiger partial charge on any atom is -0.396 e. The Balaban J connectivity index is 1.32. The first kappa shape index (κ1) is 20.1. The molecule has 1 saturated heterocycles. The van der Waals surface area contributed by atoms with E-state index in [9.17, 15) is 9.18 Å². The van der Waals surface area contributed by atoms with Crippen LogP contribution in [-0.2, 0) is 12.8 Å². The number of benzene rings is 1. The van der Waals surface area contributed by atoms with E-state index in [0.29, 0.717) is 33.0 Å². The molecule has 3 heterocycles. The van der Waals surface area contributed by atoms with E-state index in [4.69, 9.17) is 5.73 Å². The van der Waals surface area contributed by atoms with Gasteiger partial charge in [-0.15, -0.1) is 11.3 Å². The highest BCUT2D eigenvalue weighted by Crippen LogP contribution is 2.32. The standard InChI is InChI=1S/C22H25FN6OS/c1-12-11-26-19-18(24)20(31-22(19)27-12)21(30)28-15-3-2-13-10-17(16(23)9-14(13)8-15)29-6-4-25-5-7-29/h9-11,15,25H,2-8,24H2,1H3,(H,28,30)/t15-/m0/s1. The Morgan fingerprint density at radius 1 is 1.32 bits per heavy atom. The molecule has 1 atom stereocenters. The Labute approximate surface area is 183 Å². The van der Waals surface area contributed by atoms with Crippen molar-refractivity contribution >= 4 is 39.0 Å². The van der Waals surface area contributed by atoms with Gasteiger partial charge < -0.3 is 21.3 Å². The number of thiophene rings is 1. The quantitative estimate of drug-likeness (QED) is 0.579. The summed E-state index contributed by atoms with van der Waals surface area (Å²) in [5, 5.41) is 6.38. The zero-order valence-corrected chi connectivity index (χ0v) is 18.2. The zero-order valence-electron chi connectivity index (χ0n) is 17.4. The van der Waals surface area contributed by atoms with Crippen molar-refractivity contribution < 1.29 is 9.18 Å². The molecule has 0 spiro atoms. The molecule has 31 heavy (non-hydrogen) atoms. The average Bonchev–Trinajstić information content (AvgIpc) is 3.09. The Morgan fingerprint density at radius 2 is 2.13 bits per heavy atom. The van der Waals surface area contributed by atoms with E-state index in [1.165, 1.54) is 16.9 Å². The molecule has 0 unspecified atom stereocenters. The summed E-state index contributed by atoms with van der Waals surface area (Å²) < 4.78 is 14.8. The van der Waals surface area contributed by atoms with Gasteiger partial charge in [0.1, 0.15) is 21.0 Å². The van der Waals surface area contributed by atoms with Crippen molar-refractivity contribution in [1.29, 1.82) is 0 Å². The molecule has 1 aliphatic carbocycles. The van der Waals surface area contributed by atoms with Gasteiger partial charge >= 0.3 is 0 Å². The smallest absolute Gasteiger partial charge is 0.263 e. The van der Waals surface area contributed by atoms with Gasteiger partial charge in [-0.2, -0.15) is 0 Å². The summed E-state index contributed by atoms with van der Waals surface area (Å²) in [4.78, 5) is 24.8. The number of carbonyl (C=O) groups is 1. The number of fused-ring (bicyclic) bond motifs is 2. The molecule has 0 radical (unpaired) electrons. The summed E-state index contributed by atoms with van der Waals surface area (Å²) in [5.41, 5.74) is 10.7. The summed E-state index contributed by atoms with van der Waals surface area (Å²) >= 11 is 1.26. The van der Waals surface area contributed by atoms with Crippen molar-refractivity contribution in [2.24, 2.45) is 0 Å². The predicted molar refractivity (Wildman–Crippen MR) is 121 cm³/mol. The van der Waals surface area contributed by atoms with E-state index in [-0.39, 0.29) is 17.8 Å². The summed E-state index contributed by atoms with van der Waals surface area (Å²) in [6.45, 7) is 5.23. The minimum absolute atomic E-state index is 0.0586. The molecule has 1 fully saturated rings. The first-order chi connectivity index (χ1) is 15.0. The van der Waals surface area contributed by atoms with Crippen LogP contribution in [0.25, 0.3) is 10.3 Å². The number of aromatic nitrogens is 2. The van der Waals surface area contributed by atoms with Gasteiger partial charge in [-0.25, -0.2) is 14.4 Å². The lowest BCUT2D eigenvalue weighted by Crippen LogP contribution is -2.44. The lowest BCUT2D eigenvalue weighted by Gasteiger charge is -2.32.